The van der Waals surface area contributed by atoms with Crippen molar-refractivity contribution < 1.29 is 27.8 Å². The molecule has 2 aromatic rings. The van der Waals surface area contributed by atoms with Crippen molar-refractivity contribution in [2.24, 2.45) is 28.8 Å². The van der Waals surface area contributed by atoms with Gasteiger partial charge in [0.2, 0.25) is 10.0 Å². The Kier molecular flexibility index (Phi) is 8.54. The van der Waals surface area contributed by atoms with Gasteiger partial charge in [-0.3, -0.25) is 0 Å². The molecule has 44 heavy (non-hydrogen) atoms. The highest BCUT2D eigenvalue weighted by Crippen LogP contribution is 2.49. The minimum absolute atomic E-state index is 0.0263. The first-order chi connectivity index (χ1) is 20.9. The number of methoxy groups -OCH3 is 1. The first-order valence-electron chi connectivity index (χ1n) is 15.7. The third-order valence-corrected chi connectivity index (χ3v) is 12.8. The van der Waals surface area contributed by atoms with Crippen molar-refractivity contribution in [1.82, 2.24) is 0 Å². The zero-order chi connectivity index (χ0) is 31.4. The largest absolute Gasteiger partial charge is 0.490 e. The first-order valence-corrected chi connectivity index (χ1v) is 17.7. The van der Waals surface area contributed by atoms with Crippen LogP contribution in [0.1, 0.15) is 67.4 Å². The molecule has 7 atom stereocenters. The molecule has 1 saturated carbocycles. The van der Waals surface area contributed by atoms with Gasteiger partial charge in [-0.2, -0.15) is 0 Å². The maximum atomic E-state index is 12.0. The van der Waals surface area contributed by atoms with Crippen LogP contribution in [0.3, 0.4) is 0 Å². The Balaban J connectivity index is 1.27. The van der Waals surface area contributed by atoms with Crippen LogP contribution in [0.15, 0.2) is 48.0 Å². The predicted octanol–water partition coefficient (Wildman–Crippen LogP) is 5.81. The number of carboxylic acids is 1. The lowest BCUT2D eigenvalue weighted by atomic mass is 9.64. The van der Waals surface area contributed by atoms with Crippen LogP contribution in [0.2, 0.25) is 5.02 Å². The quantitative estimate of drug-likeness (QED) is 0.331. The van der Waals surface area contributed by atoms with E-state index < -0.39 is 21.2 Å². The van der Waals surface area contributed by atoms with E-state index >= 15 is 0 Å². The molecule has 8 nitrogen and oxygen atoms in total. The number of hydrogen-bond donors (Lipinski definition) is 2. The van der Waals surface area contributed by atoms with Crippen molar-refractivity contribution in [3.8, 4) is 5.75 Å². The Bertz CT molecular complexity index is 1580. The number of rotatable bonds is 9. The zero-order valence-electron chi connectivity index (χ0n) is 25.7. The van der Waals surface area contributed by atoms with Crippen LogP contribution in [-0.4, -0.2) is 57.7 Å². The highest BCUT2D eigenvalue weighted by molar-refractivity contribution is 7.89. The number of aryl methyl sites for hydroxylation is 1. The summed E-state index contributed by atoms with van der Waals surface area (Å²) in [5.41, 5.74) is 4.62. The number of anilines is 1. The molecule has 10 heteroatoms. The van der Waals surface area contributed by atoms with E-state index in [0.29, 0.717) is 18.4 Å². The summed E-state index contributed by atoms with van der Waals surface area (Å²) in [6.45, 7) is 5.66. The summed E-state index contributed by atoms with van der Waals surface area (Å²) in [5.74, 6) is 0.535. The Morgan fingerprint density at radius 1 is 1.23 bits per heavy atom. The van der Waals surface area contributed by atoms with Crippen molar-refractivity contribution in [1.29, 1.82) is 0 Å². The molecule has 1 spiro atoms. The first kappa shape index (κ1) is 31.4. The monoisotopic (exact) mass is 642 g/mol. The van der Waals surface area contributed by atoms with E-state index in [1.165, 1.54) is 16.7 Å². The predicted molar refractivity (Wildman–Crippen MR) is 172 cm³/mol. The SMILES string of the molecule is CO[C@@H](C1=C[C@@H]([C@H](C)[C@@H](C)S(N)(=O)=O)C1)[C@@H]1CC[C@H]1CN1C[C@@]2(CCCc3cc(Cl)ccc32)COc2ccc(C(=O)O)cc21. The number of carboxylic acid groups (broad SMARTS) is 1. The summed E-state index contributed by atoms with van der Waals surface area (Å²) in [4.78, 5) is 14.4. The van der Waals surface area contributed by atoms with E-state index in [4.69, 9.17) is 26.2 Å². The second-order valence-corrected chi connectivity index (χ2v) is 15.9. The number of allylic oxidation sites excluding steroid dienone is 1. The number of primary sulfonamides is 1. The molecule has 0 amide bonds. The van der Waals surface area contributed by atoms with Gasteiger partial charge in [0.25, 0.3) is 0 Å². The standard InChI is InChI=1S/C34H43ClN2O6S/c1-20(21(2)44(36,40)41)25-13-26(14-25)32(42-3)28-9-6-24(28)17-37-18-34(12-4-5-22-15-27(35)8-10-29(22)34)19-43-31-11-7-23(33(38)39)16-30(31)37/h7-8,10-11,13,15-16,20-21,24-25,28,32H,4-6,9,12,14,17-19H2,1-3H3,(H,38,39)(H2,36,40,41)/t20-,21-,24+,25-,28-,32+,34+/m1/s1. The van der Waals surface area contributed by atoms with Crippen LogP contribution in [-0.2, 0) is 26.6 Å². The van der Waals surface area contributed by atoms with E-state index in [9.17, 15) is 18.3 Å². The minimum atomic E-state index is -3.59. The molecule has 1 aliphatic heterocycles. The number of hydrogen-bond acceptors (Lipinski definition) is 6. The lowest BCUT2D eigenvalue weighted by Crippen LogP contribution is -2.50. The Morgan fingerprint density at radius 3 is 2.66 bits per heavy atom. The van der Waals surface area contributed by atoms with E-state index in [2.05, 4.69) is 23.1 Å². The van der Waals surface area contributed by atoms with Crippen molar-refractivity contribution >= 4 is 33.3 Å². The summed E-state index contributed by atoms with van der Waals surface area (Å²) in [5, 5.41) is 15.4. The van der Waals surface area contributed by atoms with E-state index in [1.807, 2.05) is 13.0 Å². The number of nitrogens with zero attached hydrogens (tertiary/aromatic N) is 1. The molecule has 6 rings (SSSR count). The molecule has 238 valence electrons. The fraction of sp³-hybridized carbons (Fsp3) is 0.559. The third-order valence-electron chi connectivity index (χ3n) is 11.1. The summed E-state index contributed by atoms with van der Waals surface area (Å²) in [6.07, 6.45) is 8.10. The van der Waals surface area contributed by atoms with Gasteiger partial charge >= 0.3 is 5.97 Å². The number of fused-ring (bicyclic) bond motifs is 3. The van der Waals surface area contributed by atoms with Crippen LogP contribution < -0.4 is 14.8 Å². The molecule has 1 heterocycles. The molecule has 0 aromatic heterocycles. The second kappa shape index (κ2) is 12.0. The van der Waals surface area contributed by atoms with Gasteiger partial charge < -0.3 is 19.5 Å². The fourth-order valence-corrected chi connectivity index (χ4v) is 9.06. The molecule has 3 N–H and O–H groups in total. The summed E-state index contributed by atoms with van der Waals surface area (Å²) in [7, 11) is -1.83. The third kappa shape index (κ3) is 5.77. The van der Waals surface area contributed by atoms with E-state index in [0.717, 1.165) is 68.1 Å². The van der Waals surface area contributed by atoms with Crippen molar-refractivity contribution in [3.05, 3.63) is 69.8 Å². The Hall–Kier alpha value is -2.59. The van der Waals surface area contributed by atoms with Gasteiger partial charge in [0, 0.05) is 30.6 Å². The number of ether oxygens (including phenoxy) is 2. The van der Waals surface area contributed by atoms with Crippen LogP contribution in [0, 0.1) is 23.7 Å². The lowest BCUT2D eigenvalue weighted by Gasteiger charge is -2.48. The van der Waals surface area contributed by atoms with Crippen LogP contribution in [0.25, 0.3) is 0 Å². The van der Waals surface area contributed by atoms with Gasteiger partial charge in [0.15, 0.2) is 0 Å². The molecular weight excluding hydrogens is 600 g/mol. The van der Waals surface area contributed by atoms with E-state index in [-0.39, 0.29) is 28.9 Å². The van der Waals surface area contributed by atoms with Crippen molar-refractivity contribution in [2.45, 2.75) is 69.1 Å². The molecule has 0 unspecified atom stereocenters. The van der Waals surface area contributed by atoms with Crippen molar-refractivity contribution in [2.75, 3.05) is 31.7 Å². The molecule has 0 bridgehead atoms. The summed E-state index contributed by atoms with van der Waals surface area (Å²) >= 11 is 6.40. The Labute approximate surface area is 265 Å². The molecule has 3 aliphatic carbocycles. The van der Waals surface area contributed by atoms with Crippen LogP contribution in [0.4, 0.5) is 5.69 Å². The van der Waals surface area contributed by atoms with Gasteiger partial charge in [-0.05, 0) is 116 Å². The number of halogens is 1. The number of sulfonamides is 1. The van der Waals surface area contributed by atoms with Gasteiger partial charge in [-0.1, -0.05) is 30.7 Å². The maximum Gasteiger partial charge on any atom is 0.335 e. The molecular formula is C34H43ClN2O6S. The maximum absolute atomic E-state index is 12.0. The van der Waals surface area contributed by atoms with Gasteiger partial charge in [-0.15, -0.1) is 0 Å². The minimum Gasteiger partial charge on any atom is -0.490 e. The second-order valence-electron chi connectivity index (χ2n) is 13.5. The van der Waals surface area contributed by atoms with E-state index in [1.54, 1.807) is 32.2 Å². The van der Waals surface area contributed by atoms with Crippen molar-refractivity contribution in [3.63, 3.8) is 0 Å². The highest BCUT2D eigenvalue weighted by Gasteiger charge is 2.46. The number of carbonyl (C=O) groups is 1. The molecule has 0 radical (unpaired) electrons. The molecule has 1 fully saturated rings. The average molecular weight is 643 g/mol. The molecule has 4 aliphatic rings. The van der Waals surface area contributed by atoms with Crippen LogP contribution in [0.5, 0.6) is 5.75 Å². The van der Waals surface area contributed by atoms with Gasteiger partial charge in [-0.25, -0.2) is 18.4 Å². The fourth-order valence-electron chi connectivity index (χ4n) is 8.06. The number of benzene rings is 2. The lowest BCUT2D eigenvalue weighted by molar-refractivity contribution is -0.000487. The topological polar surface area (TPSA) is 119 Å². The smallest absolute Gasteiger partial charge is 0.335 e. The zero-order valence-corrected chi connectivity index (χ0v) is 27.2. The van der Waals surface area contributed by atoms with Crippen LogP contribution >= 0.6 is 11.6 Å². The summed E-state index contributed by atoms with van der Waals surface area (Å²) in [6, 6.07) is 11.4. The molecule has 0 saturated heterocycles. The highest BCUT2D eigenvalue weighted by atomic mass is 35.5. The normalized spacial score (nSPS) is 28.2. The Morgan fingerprint density at radius 2 is 2.00 bits per heavy atom. The average Bonchev–Trinajstić information content (AvgIpc) is 3.09. The summed E-state index contributed by atoms with van der Waals surface area (Å²) < 4.78 is 36.5. The number of aromatic carboxylic acids is 1. The molecule has 2 aromatic carbocycles. The van der Waals surface area contributed by atoms with Gasteiger partial charge in [0.1, 0.15) is 5.75 Å². The number of nitrogens with two attached hydrogens (primary N) is 1. The van der Waals surface area contributed by atoms with Gasteiger partial charge in [0.05, 0.1) is 29.2 Å².